The summed E-state index contributed by atoms with van der Waals surface area (Å²) in [6, 6.07) is 5.77. The molecule has 0 aromatic heterocycles. The number of likely N-dealkylation sites (N-methyl/N-ethyl adjacent to an activating group) is 1. The summed E-state index contributed by atoms with van der Waals surface area (Å²) in [5.74, 6) is -1.03. The van der Waals surface area contributed by atoms with E-state index in [2.05, 4.69) is 0 Å². The van der Waals surface area contributed by atoms with E-state index in [1.54, 1.807) is 25.2 Å². The highest BCUT2D eigenvalue weighted by Crippen LogP contribution is 2.20. The summed E-state index contributed by atoms with van der Waals surface area (Å²) in [4.78, 5) is 24.6. The average Bonchev–Trinajstić information content (AvgIpc) is 2.36. The molecule has 19 heavy (non-hydrogen) atoms. The van der Waals surface area contributed by atoms with Crippen LogP contribution in [-0.4, -0.2) is 30.1 Å². The van der Waals surface area contributed by atoms with Gasteiger partial charge in [0.25, 0.3) is 0 Å². The lowest BCUT2D eigenvalue weighted by atomic mass is 10.0. The summed E-state index contributed by atoms with van der Waals surface area (Å²) < 4.78 is 0. The number of hydrogen-bond donors (Lipinski definition) is 2. The van der Waals surface area contributed by atoms with Crippen molar-refractivity contribution in [2.45, 2.75) is 26.3 Å². The number of carbonyl (C=O) groups is 2. The summed E-state index contributed by atoms with van der Waals surface area (Å²) in [5, 5.41) is 9.11. The molecule has 0 aliphatic heterocycles. The van der Waals surface area contributed by atoms with Gasteiger partial charge in [-0.15, -0.1) is 0 Å². The Hall–Kier alpha value is -1.88. The van der Waals surface area contributed by atoms with Crippen LogP contribution in [-0.2, 0) is 4.79 Å². The van der Waals surface area contributed by atoms with Crippen molar-refractivity contribution < 1.29 is 14.7 Å². The molecule has 0 bridgehead atoms. The molecule has 1 aromatic carbocycles. The van der Waals surface area contributed by atoms with Gasteiger partial charge in [-0.3, -0.25) is 4.79 Å². The van der Waals surface area contributed by atoms with Crippen LogP contribution in [0.4, 0.5) is 5.69 Å². The van der Waals surface area contributed by atoms with E-state index in [9.17, 15) is 9.59 Å². The standard InChI is InChI=1S/C14H20N2O3/c1-9(2)8-11(15)13(17)16(3)12-7-5-4-6-10(12)14(18)19/h4-7,9,11H,8,15H2,1-3H3,(H,18,19)/t11-/m1/s1. The van der Waals surface area contributed by atoms with Gasteiger partial charge in [-0.25, -0.2) is 4.79 Å². The number of carbonyl (C=O) groups excluding carboxylic acids is 1. The molecule has 0 aliphatic rings. The van der Waals surface area contributed by atoms with Gasteiger partial charge in [-0.05, 0) is 24.5 Å². The van der Waals surface area contributed by atoms with Crippen molar-refractivity contribution in [1.82, 2.24) is 0 Å². The number of amides is 1. The molecule has 0 heterocycles. The van der Waals surface area contributed by atoms with Crippen LogP contribution in [0.2, 0.25) is 0 Å². The number of anilines is 1. The SMILES string of the molecule is CC(C)C[C@@H](N)C(=O)N(C)c1ccccc1C(=O)O. The van der Waals surface area contributed by atoms with Gasteiger partial charge in [-0.1, -0.05) is 26.0 Å². The Balaban J connectivity index is 2.97. The van der Waals surface area contributed by atoms with E-state index in [4.69, 9.17) is 10.8 Å². The summed E-state index contributed by atoms with van der Waals surface area (Å²) in [6.07, 6.45) is 0.568. The number of rotatable bonds is 5. The fraction of sp³-hybridized carbons (Fsp3) is 0.429. The first-order chi connectivity index (χ1) is 8.84. The third kappa shape index (κ3) is 3.79. The number of aromatic carboxylic acids is 1. The Bertz CT molecular complexity index is 472. The van der Waals surface area contributed by atoms with Crippen LogP contribution >= 0.6 is 0 Å². The van der Waals surface area contributed by atoms with Gasteiger partial charge in [0.05, 0.1) is 17.3 Å². The highest BCUT2D eigenvalue weighted by Gasteiger charge is 2.23. The van der Waals surface area contributed by atoms with Crippen molar-refractivity contribution in [3.63, 3.8) is 0 Å². The Morgan fingerprint density at radius 2 is 1.89 bits per heavy atom. The van der Waals surface area contributed by atoms with Crippen molar-refractivity contribution in [3.05, 3.63) is 29.8 Å². The third-order valence-corrected chi connectivity index (χ3v) is 2.87. The zero-order chi connectivity index (χ0) is 14.6. The first-order valence-corrected chi connectivity index (χ1v) is 6.20. The number of nitrogens with two attached hydrogens (primary N) is 1. The van der Waals surface area contributed by atoms with Crippen LogP contribution in [0.3, 0.4) is 0 Å². The van der Waals surface area contributed by atoms with Crippen molar-refractivity contribution in [1.29, 1.82) is 0 Å². The van der Waals surface area contributed by atoms with E-state index in [0.717, 1.165) is 0 Å². The second-order valence-corrected chi connectivity index (χ2v) is 4.96. The maximum atomic E-state index is 12.2. The van der Waals surface area contributed by atoms with E-state index in [1.165, 1.54) is 11.0 Å². The van der Waals surface area contributed by atoms with Crippen molar-refractivity contribution in [2.75, 3.05) is 11.9 Å². The number of nitrogens with zero attached hydrogens (tertiary/aromatic N) is 1. The van der Waals surface area contributed by atoms with Crippen LogP contribution in [0.25, 0.3) is 0 Å². The van der Waals surface area contributed by atoms with Crippen molar-refractivity contribution >= 4 is 17.6 Å². The second-order valence-electron chi connectivity index (χ2n) is 4.96. The molecule has 0 saturated carbocycles. The summed E-state index contributed by atoms with van der Waals surface area (Å²) >= 11 is 0. The molecule has 1 rings (SSSR count). The monoisotopic (exact) mass is 264 g/mol. The summed E-state index contributed by atoms with van der Waals surface area (Å²) in [5.41, 5.74) is 6.30. The lowest BCUT2D eigenvalue weighted by molar-refractivity contribution is -0.119. The molecule has 0 unspecified atom stereocenters. The summed E-state index contributed by atoms with van der Waals surface area (Å²) in [6.45, 7) is 3.97. The van der Waals surface area contributed by atoms with Crippen molar-refractivity contribution in [2.24, 2.45) is 11.7 Å². The van der Waals surface area contributed by atoms with Gasteiger partial charge in [0.15, 0.2) is 0 Å². The Labute approximate surface area is 113 Å². The molecule has 5 heteroatoms. The molecule has 3 N–H and O–H groups in total. The minimum Gasteiger partial charge on any atom is -0.478 e. The van der Waals surface area contributed by atoms with Gasteiger partial charge >= 0.3 is 5.97 Å². The smallest absolute Gasteiger partial charge is 0.337 e. The van der Waals surface area contributed by atoms with E-state index in [-0.39, 0.29) is 11.5 Å². The predicted octanol–water partition coefficient (Wildman–Crippen LogP) is 1.72. The predicted molar refractivity (Wildman–Crippen MR) is 74.2 cm³/mol. The largest absolute Gasteiger partial charge is 0.478 e. The fourth-order valence-corrected chi connectivity index (χ4v) is 1.92. The number of para-hydroxylation sites is 1. The van der Waals surface area contributed by atoms with E-state index in [1.807, 2.05) is 13.8 Å². The maximum absolute atomic E-state index is 12.2. The second kappa shape index (κ2) is 6.33. The van der Waals surface area contributed by atoms with E-state index in [0.29, 0.717) is 18.0 Å². The fourth-order valence-electron chi connectivity index (χ4n) is 1.92. The quantitative estimate of drug-likeness (QED) is 0.848. The van der Waals surface area contributed by atoms with Gasteiger partial charge in [0.2, 0.25) is 5.91 Å². The molecule has 1 aromatic rings. The molecule has 104 valence electrons. The Morgan fingerprint density at radius 3 is 2.42 bits per heavy atom. The van der Waals surface area contributed by atoms with E-state index < -0.39 is 12.0 Å². The molecule has 0 aliphatic carbocycles. The van der Waals surface area contributed by atoms with Gasteiger partial charge < -0.3 is 15.7 Å². The number of hydrogen-bond acceptors (Lipinski definition) is 3. The zero-order valence-corrected chi connectivity index (χ0v) is 11.5. The first kappa shape index (κ1) is 15.2. The Morgan fingerprint density at radius 1 is 1.32 bits per heavy atom. The van der Waals surface area contributed by atoms with Crippen LogP contribution in [0.1, 0.15) is 30.6 Å². The highest BCUT2D eigenvalue weighted by atomic mass is 16.4. The number of carboxylic acid groups (broad SMARTS) is 1. The molecule has 0 fully saturated rings. The van der Waals surface area contributed by atoms with E-state index >= 15 is 0 Å². The number of benzene rings is 1. The highest BCUT2D eigenvalue weighted by molar-refractivity contribution is 6.03. The zero-order valence-electron chi connectivity index (χ0n) is 11.5. The topological polar surface area (TPSA) is 83.6 Å². The normalized spacial score (nSPS) is 12.3. The van der Waals surface area contributed by atoms with Gasteiger partial charge in [0, 0.05) is 7.05 Å². The van der Waals surface area contributed by atoms with Crippen molar-refractivity contribution in [3.8, 4) is 0 Å². The molecule has 0 spiro atoms. The molecule has 1 atom stereocenters. The maximum Gasteiger partial charge on any atom is 0.337 e. The minimum atomic E-state index is -1.06. The molecular formula is C14H20N2O3. The minimum absolute atomic E-state index is 0.0927. The molecule has 0 saturated heterocycles. The van der Waals surface area contributed by atoms with Gasteiger partial charge in [0.1, 0.15) is 0 Å². The van der Waals surface area contributed by atoms with Gasteiger partial charge in [-0.2, -0.15) is 0 Å². The third-order valence-electron chi connectivity index (χ3n) is 2.87. The average molecular weight is 264 g/mol. The molecular weight excluding hydrogens is 244 g/mol. The first-order valence-electron chi connectivity index (χ1n) is 6.20. The van der Waals surface area contributed by atoms with Crippen LogP contribution in [0.15, 0.2) is 24.3 Å². The van der Waals surface area contributed by atoms with Crippen LogP contribution < -0.4 is 10.6 Å². The van der Waals surface area contributed by atoms with Crippen LogP contribution in [0, 0.1) is 5.92 Å². The lowest BCUT2D eigenvalue weighted by Gasteiger charge is -2.23. The summed E-state index contributed by atoms with van der Waals surface area (Å²) in [7, 11) is 1.55. The van der Waals surface area contributed by atoms with Crippen LogP contribution in [0.5, 0.6) is 0 Å². The lowest BCUT2D eigenvalue weighted by Crippen LogP contribution is -2.43. The molecule has 5 nitrogen and oxygen atoms in total. The molecule has 0 radical (unpaired) electrons. The number of carboxylic acids is 1. The Kier molecular flexibility index (Phi) is 5.06. The molecule has 1 amide bonds.